The average Bonchev–Trinajstić information content (AvgIpc) is 3.10. The van der Waals surface area contributed by atoms with E-state index in [1.807, 2.05) is 19.9 Å². The van der Waals surface area contributed by atoms with E-state index in [0.29, 0.717) is 45.6 Å². The molecule has 3 heterocycles. The van der Waals surface area contributed by atoms with Crippen LogP contribution < -0.4 is 10.2 Å². The molecule has 2 fully saturated rings. The van der Waals surface area contributed by atoms with Gasteiger partial charge < -0.3 is 20.2 Å². The summed E-state index contributed by atoms with van der Waals surface area (Å²) in [5.41, 5.74) is 1.56. The Morgan fingerprint density at radius 1 is 1.23 bits per heavy atom. The maximum atomic E-state index is 11.2. The van der Waals surface area contributed by atoms with Gasteiger partial charge in [-0.15, -0.1) is 0 Å². The minimum absolute atomic E-state index is 0.00694. The summed E-state index contributed by atoms with van der Waals surface area (Å²) in [6.45, 7) is 6.42. The second kappa shape index (κ2) is 7.94. The average molecular weight is 471 g/mol. The number of carboxylic acid groups (broad SMARTS) is 1. The number of aryl methyl sites for hydroxylation is 1. The molecule has 2 aromatic rings. The van der Waals surface area contributed by atoms with Crippen LogP contribution in [0.4, 0.5) is 16.6 Å². The molecule has 0 aliphatic carbocycles. The van der Waals surface area contributed by atoms with Gasteiger partial charge in [-0.25, -0.2) is 9.78 Å². The molecule has 1 amide bonds. The van der Waals surface area contributed by atoms with Gasteiger partial charge in [-0.1, -0.05) is 40.9 Å². The highest BCUT2D eigenvalue weighted by atomic mass is 35.5. The maximum absolute atomic E-state index is 11.2. The summed E-state index contributed by atoms with van der Waals surface area (Å²) < 4.78 is 0. The number of carbonyl (C=O) groups is 1. The number of nitrogens with one attached hydrogen (secondary N) is 1. The van der Waals surface area contributed by atoms with E-state index in [1.54, 1.807) is 12.1 Å². The lowest BCUT2D eigenvalue weighted by Crippen LogP contribution is -2.58. The van der Waals surface area contributed by atoms with Crippen LogP contribution in [0.5, 0.6) is 0 Å². The minimum atomic E-state index is -0.856. The normalized spacial score (nSPS) is 18.4. The van der Waals surface area contributed by atoms with E-state index in [-0.39, 0.29) is 11.5 Å². The van der Waals surface area contributed by atoms with Gasteiger partial charge in [0.2, 0.25) is 5.95 Å². The molecule has 0 saturated carbocycles. The second-order valence-electron chi connectivity index (χ2n) is 8.11. The Hall–Kier alpha value is -1.96. The van der Waals surface area contributed by atoms with Crippen molar-refractivity contribution in [1.29, 1.82) is 0 Å². The van der Waals surface area contributed by atoms with Crippen LogP contribution >= 0.6 is 34.8 Å². The predicted octanol–water partition coefficient (Wildman–Crippen LogP) is 5.11. The quantitative estimate of drug-likeness (QED) is 0.646. The number of benzene rings is 1. The van der Waals surface area contributed by atoms with Crippen LogP contribution in [0.15, 0.2) is 18.2 Å². The van der Waals surface area contributed by atoms with Gasteiger partial charge >= 0.3 is 6.09 Å². The molecule has 1 aromatic carbocycles. The number of nitrogens with zero attached hydrogens (tertiary/aromatic N) is 4. The fraction of sp³-hybridized carbons (Fsp3) is 0.450. The number of hydrogen-bond acceptors (Lipinski definition) is 5. The van der Waals surface area contributed by atoms with E-state index in [2.05, 4.69) is 20.2 Å². The van der Waals surface area contributed by atoms with Crippen molar-refractivity contribution >= 4 is 52.7 Å². The zero-order valence-corrected chi connectivity index (χ0v) is 18.9. The van der Waals surface area contributed by atoms with Crippen LogP contribution in [0.3, 0.4) is 0 Å². The van der Waals surface area contributed by atoms with Gasteiger partial charge in [0.1, 0.15) is 5.02 Å². The van der Waals surface area contributed by atoms with Crippen molar-refractivity contribution in [3.63, 3.8) is 0 Å². The fourth-order valence-corrected chi connectivity index (χ4v) is 4.89. The standard InChI is InChI=1S/C20H22Cl3N5O2/c1-11(14-4-3-13(21)7-15(14)22)24-17-16(23)12(2)25-18(26-17)28-9-20(10-28)5-6-27(8-20)19(29)30/h3-4,7,11H,5-6,8-10H2,1-2H3,(H,29,30)(H,24,25,26)/t11-/m1/s1. The summed E-state index contributed by atoms with van der Waals surface area (Å²) in [5, 5.41) is 14.2. The summed E-state index contributed by atoms with van der Waals surface area (Å²) in [4.78, 5) is 24.0. The van der Waals surface area contributed by atoms with E-state index >= 15 is 0 Å². The van der Waals surface area contributed by atoms with Gasteiger partial charge in [-0.05, 0) is 38.0 Å². The Morgan fingerprint density at radius 2 is 1.97 bits per heavy atom. The third-order valence-corrected chi connectivity index (χ3v) is 6.85. The molecule has 2 aliphatic rings. The van der Waals surface area contributed by atoms with Gasteiger partial charge in [-0.3, -0.25) is 0 Å². The molecule has 2 saturated heterocycles. The summed E-state index contributed by atoms with van der Waals surface area (Å²) in [5.74, 6) is 1.13. The van der Waals surface area contributed by atoms with Crippen LogP contribution in [0.2, 0.25) is 15.1 Å². The Morgan fingerprint density at radius 3 is 2.60 bits per heavy atom. The molecular formula is C20H22Cl3N5O2. The number of aromatic nitrogens is 2. The fourth-order valence-electron chi connectivity index (χ4n) is 4.18. The van der Waals surface area contributed by atoms with Crippen molar-refractivity contribution in [3.8, 4) is 0 Å². The Kier molecular flexibility index (Phi) is 5.64. The molecule has 0 radical (unpaired) electrons. The zero-order chi connectivity index (χ0) is 21.6. The van der Waals surface area contributed by atoms with E-state index in [1.165, 1.54) is 4.90 Å². The summed E-state index contributed by atoms with van der Waals surface area (Å²) >= 11 is 18.8. The number of rotatable bonds is 4. The monoisotopic (exact) mass is 469 g/mol. The molecular weight excluding hydrogens is 449 g/mol. The number of anilines is 2. The first kappa shape index (κ1) is 21.3. The zero-order valence-electron chi connectivity index (χ0n) is 16.6. The van der Waals surface area contributed by atoms with Crippen LogP contribution in [0.25, 0.3) is 0 Å². The lowest BCUT2D eigenvalue weighted by Gasteiger charge is -2.47. The first-order valence-electron chi connectivity index (χ1n) is 9.66. The lowest BCUT2D eigenvalue weighted by atomic mass is 9.79. The van der Waals surface area contributed by atoms with Crippen molar-refractivity contribution in [2.45, 2.75) is 26.3 Å². The number of likely N-dealkylation sites (tertiary alicyclic amines) is 1. The lowest BCUT2D eigenvalue weighted by molar-refractivity contribution is 0.143. The van der Waals surface area contributed by atoms with E-state index < -0.39 is 6.09 Å². The van der Waals surface area contributed by atoms with Crippen LogP contribution in [0.1, 0.15) is 30.6 Å². The van der Waals surface area contributed by atoms with Crippen molar-refractivity contribution in [2.75, 3.05) is 36.4 Å². The highest BCUT2D eigenvalue weighted by Gasteiger charge is 2.49. The molecule has 1 spiro atoms. The van der Waals surface area contributed by atoms with Gasteiger partial charge in [0, 0.05) is 41.6 Å². The molecule has 1 aromatic heterocycles. The first-order valence-corrected chi connectivity index (χ1v) is 10.8. The Balaban J connectivity index is 1.50. The molecule has 2 N–H and O–H groups in total. The highest BCUT2D eigenvalue weighted by molar-refractivity contribution is 6.35. The van der Waals surface area contributed by atoms with Crippen molar-refractivity contribution in [3.05, 3.63) is 44.5 Å². The molecule has 0 unspecified atom stereocenters. The van der Waals surface area contributed by atoms with Gasteiger partial charge in [0.25, 0.3) is 0 Å². The largest absolute Gasteiger partial charge is 0.465 e. The summed E-state index contributed by atoms with van der Waals surface area (Å²) in [6.07, 6.45) is 0.00444. The van der Waals surface area contributed by atoms with E-state index in [9.17, 15) is 9.90 Å². The maximum Gasteiger partial charge on any atom is 0.407 e. The van der Waals surface area contributed by atoms with Crippen molar-refractivity contribution in [2.24, 2.45) is 5.41 Å². The number of halogens is 3. The van der Waals surface area contributed by atoms with Crippen molar-refractivity contribution < 1.29 is 9.90 Å². The van der Waals surface area contributed by atoms with Crippen LogP contribution in [-0.4, -0.2) is 52.2 Å². The molecule has 160 valence electrons. The first-order chi connectivity index (χ1) is 14.2. The third-order valence-electron chi connectivity index (χ3n) is 5.83. The molecule has 30 heavy (non-hydrogen) atoms. The van der Waals surface area contributed by atoms with E-state index in [0.717, 1.165) is 25.1 Å². The molecule has 7 nitrogen and oxygen atoms in total. The molecule has 1 atom stereocenters. The SMILES string of the molecule is Cc1nc(N2CC3(CCN(C(=O)O)C3)C2)nc(N[C@H](C)c2ccc(Cl)cc2Cl)c1Cl. The summed E-state index contributed by atoms with van der Waals surface area (Å²) in [6, 6.07) is 5.23. The topological polar surface area (TPSA) is 81.6 Å². The Bertz CT molecular complexity index is 997. The smallest absolute Gasteiger partial charge is 0.407 e. The molecule has 2 aliphatic heterocycles. The van der Waals surface area contributed by atoms with E-state index in [4.69, 9.17) is 34.8 Å². The van der Waals surface area contributed by atoms with Crippen LogP contribution in [0, 0.1) is 12.3 Å². The summed E-state index contributed by atoms with van der Waals surface area (Å²) in [7, 11) is 0. The third kappa shape index (κ3) is 3.98. The number of hydrogen-bond donors (Lipinski definition) is 2. The second-order valence-corrected chi connectivity index (χ2v) is 9.34. The van der Waals surface area contributed by atoms with Crippen molar-refractivity contribution in [1.82, 2.24) is 14.9 Å². The predicted molar refractivity (Wildman–Crippen MR) is 119 cm³/mol. The number of amides is 1. The van der Waals surface area contributed by atoms with Crippen LogP contribution in [-0.2, 0) is 0 Å². The molecule has 0 bridgehead atoms. The van der Waals surface area contributed by atoms with Gasteiger partial charge in [0.05, 0.1) is 11.7 Å². The Labute approximate surface area is 190 Å². The van der Waals surface area contributed by atoms with Gasteiger partial charge in [-0.2, -0.15) is 4.98 Å². The molecule has 10 heteroatoms. The minimum Gasteiger partial charge on any atom is -0.465 e. The highest BCUT2D eigenvalue weighted by Crippen LogP contribution is 2.42. The van der Waals surface area contributed by atoms with Gasteiger partial charge in [0.15, 0.2) is 5.82 Å². The molecule has 4 rings (SSSR count).